The van der Waals surface area contributed by atoms with E-state index in [2.05, 4.69) is 4.98 Å². The summed E-state index contributed by atoms with van der Waals surface area (Å²) in [5.74, 6) is 0.978. The average Bonchev–Trinajstić information content (AvgIpc) is 3.13. The van der Waals surface area contributed by atoms with Gasteiger partial charge in [-0.2, -0.15) is 13.2 Å². The SMILES string of the molecule is FC(F)(F)c1cccc(Cc2nc(-c3ccccc3)c(-c3ccccc3)o2)c1. The third kappa shape index (κ3) is 3.83. The van der Waals surface area contributed by atoms with Gasteiger partial charge in [0.1, 0.15) is 5.69 Å². The van der Waals surface area contributed by atoms with Crippen LogP contribution in [0.25, 0.3) is 22.6 Å². The standard InChI is InChI=1S/C23H16F3NO/c24-23(25,26)19-13-7-8-16(14-19)15-20-27-21(17-9-3-1-4-10-17)22(28-20)18-11-5-2-6-12-18/h1-14H,15H2. The first-order chi connectivity index (χ1) is 13.5. The van der Waals surface area contributed by atoms with E-state index in [1.165, 1.54) is 6.07 Å². The molecule has 4 aromatic rings. The minimum Gasteiger partial charge on any atom is -0.440 e. The van der Waals surface area contributed by atoms with Crippen LogP contribution in [0, 0.1) is 0 Å². The van der Waals surface area contributed by atoms with Crippen molar-refractivity contribution in [1.29, 1.82) is 0 Å². The molecule has 0 radical (unpaired) electrons. The summed E-state index contributed by atoms with van der Waals surface area (Å²) in [5.41, 5.74) is 2.25. The lowest BCUT2D eigenvalue weighted by Gasteiger charge is -2.07. The van der Waals surface area contributed by atoms with E-state index in [9.17, 15) is 13.2 Å². The van der Waals surface area contributed by atoms with E-state index in [0.717, 1.165) is 23.3 Å². The smallest absolute Gasteiger partial charge is 0.416 e. The molecule has 1 aromatic heterocycles. The first-order valence-electron chi connectivity index (χ1n) is 8.77. The van der Waals surface area contributed by atoms with E-state index in [-0.39, 0.29) is 6.42 Å². The Morgan fingerprint density at radius 1 is 0.750 bits per heavy atom. The fraction of sp³-hybridized carbons (Fsp3) is 0.0870. The van der Waals surface area contributed by atoms with Crippen LogP contribution < -0.4 is 0 Å². The van der Waals surface area contributed by atoms with Crippen molar-refractivity contribution in [2.24, 2.45) is 0 Å². The van der Waals surface area contributed by atoms with E-state index < -0.39 is 11.7 Å². The molecular formula is C23H16F3NO. The van der Waals surface area contributed by atoms with Crippen molar-refractivity contribution in [1.82, 2.24) is 4.98 Å². The number of rotatable bonds is 4. The van der Waals surface area contributed by atoms with E-state index >= 15 is 0 Å². The quantitative estimate of drug-likeness (QED) is 0.398. The van der Waals surface area contributed by atoms with Crippen molar-refractivity contribution in [2.45, 2.75) is 12.6 Å². The summed E-state index contributed by atoms with van der Waals surface area (Å²) < 4.78 is 44.9. The molecule has 0 bridgehead atoms. The highest BCUT2D eigenvalue weighted by Gasteiger charge is 2.30. The molecule has 0 N–H and O–H groups in total. The van der Waals surface area contributed by atoms with E-state index in [4.69, 9.17) is 4.42 Å². The number of alkyl halides is 3. The molecule has 0 unspecified atom stereocenters. The summed E-state index contributed by atoms with van der Waals surface area (Å²) in [6, 6.07) is 24.4. The molecule has 0 fully saturated rings. The largest absolute Gasteiger partial charge is 0.440 e. The number of aromatic nitrogens is 1. The van der Waals surface area contributed by atoms with Crippen LogP contribution in [0.4, 0.5) is 13.2 Å². The van der Waals surface area contributed by atoms with Gasteiger partial charge in [-0.05, 0) is 11.6 Å². The van der Waals surface area contributed by atoms with Gasteiger partial charge in [0.2, 0.25) is 0 Å². The maximum absolute atomic E-state index is 13.0. The fourth-order valence-electron chi connectivity index (χ4n) is 3.05. The predicted molar refractivity (Wildman–Crippen MR) is 102 cm³/mol. The minimum absolute atomic E-state index is 0.177. The molecule has 0 saturated heterocycles. The van der Waals surface area contributed by atoms with Gasteiger partial charge < -0.3 is 4.42 Å². The molecule has 5 heteroatoms. The second-order valence-corrected chi connectivity index (χ2v) is 6.39. The number of hydrogen-bond donors (Lipinski definition) is 0. The van der Waals surface area contributed by atoms with Gasteiger partial charge >= 0.3 is 6.18 Å². The molecule has 4 rings (SSSR count). The molecule has 0 aliphatic carbocycles. The third-order valence-corrected chi connectivity index (χ3v) is 4.36. The minimum atomic E-state index is -4.38. The van der Waals surface area contributed by atoms with Crippen molar-refractivity contribution >= 4 is 0 Å². The summed E-state index contributed by atoms with van der Waals surface area (Å²) in [4.78, 5) is 4.60. The van der Waals surface area contributed by atoms with Crippen molar-refractivity contribution < 1.29 is 17.6 Å². The van der Waals surface area contributed by atoms with Crippen molar-refractivity contribution in [2.75, 3.05) is 0 Å². The zero-order chi connectivity index (χ0) is 19.6. The van der Waals surface area contributed by atoms with Crippen LogP contribution in [0.2, 0.25) is 0 Å². The highest BCUT2D eigenvalue weighted by molar-refractivity contribution is 5.76. The van der Waals surface area contributed by atoms with Gasteiger partial charge in [0.15, 0.2) is 11.7 Å². The van der Waals surface area contributed by atoms with Crippen LogP contribution in [-0.2, 0) is 12.6 Å². The van der Waals surface area contributed by atoms with Crippen LogP contribution in [-0.4, -0.2) is 4.98 Å². The molecule has 0 amide bonds. The molecule has 1 heterocycles. The number of hydrogen-bond acceptors (Lipinski definition) is 2. The zero-order valence-corrected chi connectivity index (χ0v) is 14.8. The maximum atomic E-state index is 13.0. The molecule has 0 spiro atoms. The lowest BCUT2D eigenvalue weighted by atomic mass is 10.1. The Kier molecular flexibility index (Phi) is 4.74. The first kappa shape index (κ1) is 18.0. The fourth-order valence-corrected chi connectivity index (χ4v) is 3.05. The topological polar surface area (TPSA) is 26.0 Å². The molecule has 0 atom stereocenters. The van der Waals surface area contributed by atoms with Gasteiger partial charge in [0.05, 0.1) is 5.56 Å². The number of nitrogens with zero attached hydrogens (tertiary/aromatic N) is 1. The molecular weight excluding hydrogens is 363 g/mol. The van der Waals surface area contributed by atoms with E-state index in [1.807, 2.05) is 60.7 Å². The Hall–Kier alpha value is -3.34. The Morgan fingerprint density at radius 3 is 2.04 bits per heavy atom. The van der Waals surface area contributed by atoms with Gasteiger partial charge in [0.25, 0.3) is 0 Å². The van der Waals surface area contributed by atoms with E-state index in [0.29, 0.717) is 22.9 Å². The Bertz CT molecular complexity index is 1010. The van der Waals surface area contributed by atoms with Crippen LogP contribution in [0.3, 0.4) is 0 Å². The molecule has 140 valence electrons. The molecule has 3 aromatic carbocycles. The van der Waals surface area contributed by atoms with Crippen LogP contribution >= 0.6 is 0 Å². The molecule has 0 aliphatic rings. The van der Waals surface area contributed by atoms with Crippen molar-refractivity contribution in [3.05, 3.63) is 102 Å². The van der Waals surface area contributed by atoms with Gasteiger partial charge in [0, 0.05) is 17.5 Å². The summed E-state index contributed by atoms with van der Waals surface area (Å²) in [7, 11) is 0. The summed E-state index contributed by atoms with van der Waals surface area (Å²) in [5, 5.41) is 0. The summed E-state index contributed by atoms with van der Waals surface area (Å²) in [6.07, 6.45) is -4.20. The predicted octanol–water partition coefficient (Wildman–Crippen LogP) is 6.62. The first-order valence-corrected chi connectivity index (χ1v) is 8.77. The van der Waals surface area contributed by atoms with Crippen molar-refractivity contribution in [3.8, 4) is 22.6 Å². The normalized spacial score (nSPS) is 11.5. The van der Waals surface area contributed by atoms with Gasteiger partial charge in [-0.1, -0.05) is 78.9 Å². The average molecular weight is 379 g/mol. The monoisotopic (exact) mass is 379 g/mol. The van der Waals surface area contributed by atoms with Crippen LogP contribution in [0.1, 0.15) is 17.0 Å². The van der Waals surface area contributed by atoms with E-state index in [1.54, 1.807) is 6.07 Å². The second kappa shape index (κ2) is 7.35. The molecule has 2 nitrogen and oxygen atoms in total. The lowest BCUT2D eigenvalue weighted by molar-refractivity contribution is -0.137. The van der Waals surface area contributed by atoms with Crippen LogP contribution in [0.5, 0.6) is 0 Å². The molecule has 0 aliphatic heterocycles. The van der Waals surface area contributed by atoms with Crippen LogP contribution in [0.15, 0.2) is 89.3 Å². The van der Waals surface area contributed by atoms with Gasteiger partial charge in [-0.25, -0.2) is 4.98 Å². The zero-order valence-electron chi connectivity index (χ0n) is 14.8. The van der Waals surface area contributed by atoms with Crippen molar-refractivity contribution in [3.63, 3.8) is 0 Å². The Morgan fingerprint density at radius 2 is 1.39 bits per heavy atom. The lowest BCUT2D eigenvalue weighted by Crippen LogP contribution is -2.05. The Balaban J connectivity index is 1.74. The molecule has 28 heavy (non-hydrogen) atoms. The van der Waals surface area contributed by atoms with Gasteiger partial charge in [-0.3, -0.25) is 0 Å². The number of halogens is 3. The Labute approximate surface area is 160 Å². The summed E-state index contributed by atoms with van der Waals surface area (Å²) in [6.45, 7) is 0. The highest BCUT2D eigenvalue weighted by atomic mass is 19.4. The highest BCUT2D eigenvalue weighted by Crippen LogP contribution is 2.34. The number of oxazole rings is 1. The molecule has 0 saturated carbocycles. The second-order valence-electron chi connectivity index (χ2n) is 6.39. The summed E-state index contributed by atoms with van der Waals surface area (Å²) >= 11 is 0. The number of benzene rings is 3. The maximum Gasteiger partial charge on any atom is 0.416 e. The van der Waals surface area contributed by atoms with Gasteiger partial charge in [-0.15, -0.1) is 0 Å². The third-order valence-electron chi connectivity index (χ3n) is 4.36.